The van der Waals surface area contributed by atoms with Crippen molar-refractivity contribution in [1.29, 1.82) is 0 Å². The third kappa shape index (κ3) is 3.30. The highest BCUT2D eigenvalue weighted by Crippen LogP contribution is 2.47. The second-order valence-corrected chi connectivity index (χ2v) is 7.98. The van der Waals surface area contributed by atoms with Crippen molar-refractivity contribution in [3.63, 3.8) is 0 Å². The van der Waals surface area contributed by atoms with Gasteiger partial charge in [0.25, 0.3) is 0 Å². The SMILES string of the molecule is COc1ccc(S(=O)(=O)NCC2(c3ccc(F)cc3)CC2)c(C)c1. The summed E-state index contributed by atoms with van der Waals surface area (Å²) in [7, 11) is -2.06. The Balaban J connectivity index is 1.77. The number of nitrogens with one attached hydrogen (secondary N) is 1. The van der Waals surface area contributed by atoms with Crippen molar-refractivity contribution in [2.75, 3.05) is 13.7 Å². The van der Waals surface area contributed by atoms with Gasteiger partial charge in [-0.2, -0.15) is 0 Å². The van der Waals surface area contributed by atoms with Crippen LogP contribution in [-0.4, -0.2) is 22.1 Å². The van der Waals surface area contributed by atoms with Crippen molar-refractivity contribution in [2.24, 2.45) is 0 Å². The van der Waals surface area contributed by atoms with Crippen LogP contribution >= 0.6 is 0 Å². The molecule has 0 aliphatic heterocycles. The van der Waals surface area contributed by atoms with Crippen molar-refractivity contribution in [3.8, 4) is 5.75 Å². The molecule has 0 saturated heterocycles. The van der Waals surface area contributed by atoms with Crippen LogP contribution in [0.3, 0.4) is 0 Å². The molecule has 0 amide bonds. The molecule has 3 rings (SSSR count). The first-order chi connectivity index (χ1) is 11.4. The minimum atomic E-state index is -3.60. The number of ether oxygens (including phenoxy) is 1. The summed E-state index contributed by atoms with van der Waals surface area (Å²) in [6.07, 6.45) is 1.78. The first-order valence-electron chi connectivity index (χ1n) is 7.77. The molecular formula is C18H20FNO3S. The van der Waals surface area contributed by atoms with Crippen molar-refractivity contribution < 1.29 is 17.5 Å². The molecule has 4 nitrogen and oxygen atoms in total. The van der Waals surface area contributed by atoms with Crippen molar-refractivity contribution in [1.82, 2.24) is 4.72 Å². The number of halogens is 1. The Kier molecular flexibility index (Phi) is 4.36. The maximum Gasteiger partial charge on any atom is 0.240 e. The normalized spacial score (nSPS) is 16.0. The van der Waals surface area contributed by atoms with Crippen molar-refractivity contribution in [2.45, 2.75) is 30.1 Å². The van der Waals surface area contributed by atoms with E-state index < -0.39 is 10.0 Å². The highest BCUT2D eigenvalue weighted by molar-refractivity contribution is 7.89. The number of sulfonamides is 1. The maximum atomic E-state index is 13.1. The molecule has 0 radical (unpaired) electrons. The molecule has 2 aromatic carbocycles. The van der Waals surface area contributed by atoms with E-state index in [1.807, 2.05) is 0 Å². The lowest BCUT2D eigenvalue weighted by Gasteiger charge is -2.17. The molecular weight excluding hydrogens is 329 g/mol. The minimum absolute atomic E-state index is 0.221. The second kappa shape index (κ2) is 6.18. The van der Waals surface area contributed by atoms with Crippen LogP contribution in [0.1, 0.15) is 24.0 Å². The average Bonchev–Trinajstić information content (AvgIpc) is 3.34. The first-order valence-corrected chi connectivity index (χ1v) is 9.25. The van der Waals surface area contributed by atoms with E-state index in [1.54, 1.807) is 44.4 Å². The summed E-state index contributed by atoms with van der Waals surface area (Å²) in [6, 6.07) is 11.2. The molecule has 0 atom stereocenters. The molecule has 1 fully saturated rings. The third-order valence-corrected chi connectivity index (χ3v) is 6.14. The molecule has 1 aliphatic rings. The van der Waals surface area contributed by atoms with Crippen LogP contribution in [0.25, 0.3) is 0 Å². The topological polar surface area (TPSA) is 55.4 Å². The number of benzene rings is 2. The van der Waals surface area contributed by atoms with Crippen LogP contribution in [0.2, 0.25) is 0 Å². The molecule has 24 heavy (non-hydrogen) atoms. The van der Waals surface area contributed by atoms with Crippen LogP contribution in [-0.2, 0) is 15.4 Å². The fourth-order valence-corrected chi connectivity index (χ4v) is 4.23. The van der Waals surface area contributed by atoms with Crippen LogP contribution in [0.5, 0.6) is 5.75 Å². The number of aryl methyl sites for hydroxylation is 1. The van der Waals surface area contributed by atoms with Gasteiger partial charge in [-0.05, 0) is 61.2 Å². The number of rotatable bonds is 6. The van der Waals surface area contributed by atoms with E-state index in [2.05, 4.69) is 4.72 Å². The number of hydrogen-bond acceptors (Lipinski definition) is 3. The van der Waals surface area contributed by atoms with Gasteiger partial charge in [0, 0.05) is 12.0 Å². The summed E-state index contributed by atoms with van der Waals surface area (Å²) >= 11 is 0. The molecule has 0 spiro atoms. The van der Waals surface area contributed by atoms with Crippen LogP contribution in [0.4, 0.5) is 4.39 Å². The van der Waals surface area contributed by atoms with E-state index in [0.717, 1.165) is 18.4 Å². The first kappa shape index (κ1) is 16.9. The fourth-order valence-electron chi connectivity index (χ4n) is 2.88. The molecule has 0 heterocycles. The van der Waals surface area contributed by atoms with Crippen molar-refractivity contribution >= 4 is 10.0 Å². The smallest absolute Gasteiger partial charge is 0.240 e. The van der Waals surface area contributed by atoms with E-state index in [4.69, 9.17) is 4.74 Å². The van der Waals surface area contributed by atoms with E-state index in [1.165, 1.54) is 12.1 Å². The Hall–Kier alpha value is -1.92. The lowest BCUT2D eigenvalue weighted by molar-refractivity contribution is 0.414. The monoisotopic (exact) mass is 349 g/mol. The molecule has 2 aromatic rings. The predicted octanol–water partition coefficient (Wildman–Crippen LogP) is 3.15. The molecule has 1 N–H and O–H groups in total. The summed E-state index contributed by atoms with van der Waals surface area (Å²) in [5.41, 5.74) is 1.38. The number of hydrogen-bond donors (Lipinski definition) is 1. The summed E-state index contributed by atoms with van der Waals surface area (Å²) in [5.74, 6) is 0.334. The molecule has 0 aromatic heterocycles. The van der Waals surface area contributed by atoms with Gasteiger partial charge < -0.3 is 4.74 Å². The van der Waals surface area contributed by atoms with Crippen LogP contribution < -0.4 is 9.46 Å². The van der Waals surface area contributed by atoms with Crippen LogP contribution in [0, 0.1) is 12.7 Å². The largest absolute Gasteiger partial charge is 0.497 e. The van der Waals surface area contributed by atoms with Gasteiger partial charge in [0.05, 0.1) is 12.0 Å². The maximum absolute atomic E-state index is 13.1. The Bertz CT molecular complexity index is 843. The van der Waals surface area contributed by atoms with Gasteiger partial charge in [0.15, 0.2) is 0 Å². The highest BCUT2D eigenvalue weighted by atomic mass is 32.2. The average molecular weight is 349 g/mol. The van der Waals surface area contributed by atoms with Gasteiger partial charge in [-0.15, -0.1) is 0 Å². The van der Waals surface area contributed by atoms with Gasteiger partial charge >= 0.3 is 0 Å². The van der Waals surface area contributed by atoms with Gasteiger partial charge in [-0.25, -0.2) is 17.5 Å². The Morgan fingerprint density at radius 2 is 1.83 bits per heavy atom. The summed E-state index contributed by atoms with van der Waals surface area (Å²) < 4.78 is 46.1. The Morgan fingerprint density at radius 1 is 1.17 bits per heavy atom. The standard InChI is InChI=1S/C18H20FNO3S/c1-13-11-16(23-2)7-8-17(13)24(21,22)20-12-18(9-10-18)14-3-5-15(19)6-4-14/h3-8,11,20H,9-10,12H2,1-2H3. The van der Waals surface area contributed by atoms with Gasteiger partial charge in [-0.3, -0.25) is 0 Å². The Labute approximate surface area is 141 Å². The minimum Gasteiger partial charge on any atom is -0.497 e. The summed E-state index contributed by atoms with van der Waals surface area (Å²) in [6.45, 7) is 2.05. The lowest BCUT2D eigenvalue weighted by atomic mass is 9.96. The van der Waals surface area contributed by atoms with Gasteiger partial charge in [0.2, 0.25) is 10.0 Å². The molecule has 0 unspecified atom stereocenters. The zero-order valence-corrected chi connectivity index (χ0v) is 14.5. The van der Waals surface area contributed by atoms with E-state index in [0.29, 0.717) is 17.9 Å². The molecule has 1 saturated carbocycles. The summed E-state index contributed by atoms with van der Waals surface area (Å²) in [4.78, 5) is 0.248. The Morgan fingerprint density at radius 3 is 2.38 bits per heavy atom. The van der Waals surface area contributed by atoms with E-state index in [-0.39, 0.29) is 16.1 Å². The molecule has 0 bridgehead atoms. The molecule has 128 valence electrons. The molecule has 6 heteroatoms. The van der Waals surface area contributed by atoms with Crippen LogP contribution in [0.15, 0.2) is 47.4 Å². The van der Waals surface area contributed by atoms with E-state index in [9.17, 15) is 12.8 Å². The highest BCUT2D eigenvalue weighted by Gasteiger charge is 2.44. The fraction of sp³-hybridized carbons (Fsp3) is 0.333. The lowest BCUT2D eigenvalue weighted by Crippen LogP contribution is -2.32. The quantitative estimate of drug-likeness (QED) is 0.872. The predicted molar refractivity (Wildman–Crippen MR) is 90.2 cm³/mol. The van der Waals surface area contributed by atoms with Crippen molar-refractivity contribution in [3.05, 3.63) is 59.4 Å². The zero-order chi connectivity index (χ0) is 17.4. The second-order valence-electron chi connectivity index (χ2n) is 6.24. The zero-order valence-electron chi connectivity index (χ0n) is 13.7. The van der Waals surface area contributed by atoms with Gasteiger partial charge in [-0.1, -0.05) is 12.1 Å². The number of methoxy groups -OCH3 is 1. The van der Waals surface area contributed by atoms with Gasteiger partial charge in [0.1, 0.15) is 11.6 Å². The summed E-state index contributed by atoms with van der Waals surface area (Å²) in [5, 5.41) is 0. The van der Waals surface area contributed by atoms with E-state index >= 15 is 0 Å². The third-order valence-electron chi connectivity index (χ3n) is 4.58. The molecule has 1 aliphatic carbocycles.